The fourth-order valence-electron chi connectivity index (χ4n) is 4.52. The minimum Gasteiger partial charge on any atom is -0.489 e. The third-order valence-corrected chi connectivity index (χ3v) is 6.53. The largest absolute Gasteiger partial charge is 0.489 e. The molecule has 0 saturated carbocycles. The van der Waals surface area contributed by atoms with Crippen LogP contribution in [0, 0.1) is 18.3 Å². The Balaban J connectivity index is 1.58. The number of hydrogen-bond acceptors (Lipinski definition) is 4. The average molecular weight is 479 g/mol. The number of benzene rings is 2. The van der Waals surface area contributed by atoms with Crippen molar-refractivity contribution in [1.29, 1.82) is 0 Å². The molecule has 35 heavy (non-hydrogen) atoms. The van der Waals surface area contributed by atoms with Crippen molar-refractivity contribution >= 4 is 17.5 Å². The Kier molecular flexibility index (Phi) is 10.0. The van der Waals surface area contributed by atoms with E-state index in [1.54, 1.807) is 6.42 Å². The fraction of sp³-hybridized carbons (Fsp3) is 0.483. The van der Waals surface area contributed by atoms with E-state index in [0.29, 0.717) is 18.6 Å². The molecule has 1 aliphatic heterocycles. The molecule has 1 saturated heterocycles. The number of carbonyl (C=O) groups is 2. The van der Waals surface area contributed by atoms with Crippen molar-refractivity contribution in [3.63, 3.8) is 0 Å². The lowest BCUT2D eigenvalue weighted by molar-refractivity contribution is -0.129. The molecule has 1 heterocycles. The molecule has 1 aliphatic rings. The second kappa shape index (κ2) is 13.2. The highest BCUT2D eigenvalue weighted by Gasteiger charge is 2.28. The number of hydrogen-bond donors (Lipinski definition) is 1. The molecule has 1 fully saturated rings. The molecule has 2 aromatic carbocycles. The standard InChI is InChI=1S/C29H40N3O3/c1-22(2)13-18-32(25-9-11-27(12-10-25)35-21-24-7-5-4-6-8-24)26-14-16-31(17-15-26)29(34)20-23(3)19-28(30)33/h4-12,20,22-23,26H,13-19,21H2,1-3H3,(H2,30,33). The lowest BCUT2D eigenvalue weighted by atomic mass is 9.98. The first-order valence-electron chi connectivity index (χ1n) is 12.8. The molecule has 0 spiro atoms. The number of anilines is 1. The molecule has 189 valence electrons. The van der Waals surface area contributed by atoms with Crippen LogP contribution >= 0.6 is 0 Å². The zero-order chi connectivity index (χ0) is 25.2. The Bertz CT molecular complexity index is 922. The Hall–Kier alpha value is -3.02. The number of amides is 2. The van der Waals surface area contributed by atoms with Gasteiger partial charge in [0.05, 0.1) is 6.42 Å². The number of rotatable bonds is 12. The maximum Gasteiger partial charge on any atom is 0.226 e. The van der Waals surface area contributed by atoms with E-state index in [4.69, 9.17) is 10.5 Å². The number of nitrogens with two attached hydrogens (primary N) is 1. The molecule has 2 amide bonds. The van der Waals surface area contributed by atoms with Crippen LogP contribution in [0.25, 0.3) is 0 Å². The first-order valence-corrected chi connectivity index (χ1v) is 12.8. The van der Waals surface area contributed by atoms with Gasteiger partial charge in [0, 0.05) is 37.8 Å². The van der Waals surface area contributed by atoms with Crippen LogP contribution in [-0.2, 0) is 16.2 Å². The molecule has 1 radical (unpaired) electrons. The van der Waals surface area contributed by atoms with E-state index >= 15 is 0 Å². The van der Waals surface area contributed by atoms with Gasteiger partial charge in [0.2, 0.25) is 11.8 Å². The van der Waals surface area contributed by atoms with Gasteiger partial charge in [-0.15, -0.1) is 0 Å². The molecule has 6 heteroatoms. The van der Waals surface area contributed by atoms with Crippen molar-refractivity contribution in [2.45, 2.75) is 59.1 Å². The summed E-state index contributed by atoms with van der Waals surface area (Å²) in [6, 6.07) is 19.0. The van der Waals surface area contributed by atoms with Crippen LogP contribution in [0.3, 0.4) is 0 Å². The van der Waals surface area contributed by atoms with Gasteiger partial charge in [0.15, 0.2) is 0 Å². The van der Waals surface area contributed by atoms with Crippen molar-refractivity contribution in [1.82, 2.24) is 4.90 Å². The number of carbonyl (C=O) groups excluding carboxylic acids is 2. The molecule has 0 aromatic heterocycles. The van der Waals surface area contributed by atoms with Crippen LogP contribution in [0.4, 0.5) is 5.69 Å². The van der Waals surface area contributed by atoms with Crippen LogP contribution < -0.4 is 15.4 Å². The quantitative estimate of drug-likeness (QED) is 0.474. The molecule has 0 bridgehead atoms. The van der Waals surface area contributed by atoms with Crippen LogP contribution in [-0.4, -0.2) is 42.4 Å². The first kappa shape index (κ1) is 26.6. The molecule has 2 aromatic rings. The van der Waals surface area contributed by atoms with Gasteiger partial charge in [-0.2, -0.15) is 0 Å². The lowest BCUT2D eigenvalue weighted by Crippen LogP contribution is -2.47. The van der Waals surface area contributed by atoms with E-state index < -0.39 is 0 Å². The Labute approximate surface area is 210 Å². The second-order valence-electron chi connectivity index (χ2n) is 10.0. The van der Waals surface area contributed by atoms with Crippen molar-refractivity contribution in [2.24, 2.45) is 17.6 Å². The monoisotopic (exact) mass is 478 g/mol. The van der Waals surface area contributed by atoms with Crippen molar-refractivity contribution in [2.75, 3.05) is 24.5 Å². The minimum absolute atomic E-state index is 0.00541. The summed E-state index contributed by atoms with van der Waals surface area (Å²) in [5.41, 5.74) is 7.61. The minimum atomic E-state index is -0.377. The highest BCUT2D eigenvalue weighted by molar-refractivity contribution is 5.86. The first-order chi connectivity index (χ1) is 16.8. The van der Waals surface area contributed by atoms with Gasteiger partial charge in [0.1, 0.15) is 12.4 Å². The maximum atomic E-state index is 12.6. The van der Waals surface area contributed by atoms with Gasteiger partial charge in [0.25, 0.3) is 0 Å². The van der Waals surface area contributed by atoms with E-state index in [1.165, 1.54) is 5.69 Å². The average Bonchev–Trinajstić information content (AvgIpc) is 2.84. The topological polar surface area (TPSA) is 75.9 Å². The predicted molar refractivity (Wildman–Crippen MR) is 141 cm³/mol. The van der Waals surface area contributed by atoms with Crippen molar-refractivity contribution in [3.8, 4) is 5.75 Å². The Morgan fingerprint density at radius 2 is 1.71 bits per heavy atom. The van der Waals surface area contributed by atoms with Crippen molar-refractivity contribution in [3.05, 3.63) is 66.6 Å². The molecular formula is C29H40N3O3. The predicted octanol–water partition coefficient (Wildman–Crippen LogP) is 4.82. The summed E-state index contributed by atoms with van der Waals surface area (Å²) >= 11 is 0. The van der Waals surface area contributed by atoms with E-state index in [-0.39, 0.29) is 24.2 Å². The third kappa shape index (κ3) is 8.61. The summed E-state index contributed by atoms with van der Waals surface area (Å²) in [4.78, 5) is 28.2. The summed E-state index contributed by atoms with van der Waals surface area (Å²) in [7, 11) is 0. The fourth-order valence-corrected chi connectivity index (χ4v) is 4.52. The zero-order valence-electron chi connectivity index (χ0n) is 21.4. The SMILES string of the molecule is CC(C)CCN(c1ccc(OCc2ccccc2)cc1)C1CCN(C(=O)[CH]C(C)CC(N)=O)CC1. The summed E-state index contributed by atoms with van der Waals surface area (Å²) in [6.45, 7) is 9.35. The van der Waals surface area contributed by atoms with E-state index in [9.17, 15) is 9.59 Å². The number of nitrogens with zero attached hydrogens (tertiary/aromatic N) is 2. The normalized spacial score (nSPS) is 15.1. The molecular weight excluding hydrogens is 438 g/mol. The number of ether oxygens (including phenoxy) is 1. The van der Waals surface area contributed by atoms with Crippen molar-refractivity contribution < 1.29 is 14.3 Å². The highest BCUT2D eigenvalue weighted by atomic mass is 16.5. The summed E-state index contributed by atoms with van der Waals surface area (Å²) in [5.74, 6) is 0.975. The molecule has 1 unspecified atom stereocenters. The maximum absolute atomic E-state index is 12.6. The molecule has 3 rings (SSSR count). The van der Waals surface area contributed by atoms with Crippen LogP contribution in [0.5, 0.6) is 5.75 Å². The highest BCUT2D eigenvalue weighted by Crippen LogP contribution is 2.27. The van der Waals surface area contributed by atoms with Gasteiger partial charge >= 0.3 is 0 Å². The van der Waals surface area contributed by atoms with Gasteiger partial charge in [-0.05, 0) is 60.9 Å². The molecule has 6 nitrogen and oxygen atoms in total. The van der Waals surface area contributed by atoms with E-state index in [2.05, 4.69) is 43.0 Å². The summed E-state index contributed by atoms with van der Waals surface area (Å²) < 4.78 is 5.97. The third-order valence-electron chi connectivity index (χ3n) is 6.53. The van der Waals surface area contributed by atoms with Gasteiger partial charge in [-0.3, -0.25) is 9.59 Å². The van der Waals surface area contributed by atoms with Gasteiger partial charge < -0.3 is 20.3 Å². The number of primary amides is 1. The smallest absolute Gasteiger partial charge is 0.226 e. The summed E-state index contributed by atoms with van der Waals surface area (Å²) in [5, 5.41) is 0. The van der Waals surface area contributed by atoms with Crippen LogP contribution in [0.15, 0.2) is 54.6 Å². The van der Waals surface area contributed by atoms with Crippen LogP contribution in [0.2, 0.25) is 0 Å². The Morgan fingerprint density at radius 1 is 1.06 bits per heavy atom. The number of piperidine rings is 1. The lowest BCUT2D eigenvalue weighted by Gasteiger charge is -2.40. The second-order valence-corrected chi connectivity index (χ2v) is 10.0. The zero-order valence-corrected chi connectivity index (χ0v) is 21.4. The summed E-state index contributed by atoms with van der Waals surface area (Å²) in [6.07, 6.45) is 4.80. The van der Waals surface area contributed by atoms with Gasteiger partial charge in [-0.1, -0.05) is 51.1 Å². The van der Waals surface area contributed by atoms with Gasteiger partial charge in [-0.25, -0.2) is 0 Å². The van der Waals surface area contributed by atoms with E-state index in [0.717, 1.165) is 50.2 Å². The van der Waals surface area contributed by atoms with Crippen LogP contribution in [0.1, 0.15) is 52.0 Å². The number of likely N-dealkylation sites (tertiary alicyclic amines) is 1. The van der Waals surface area contributed by atoms with E-state index in [1.807, 2.05) is 42.2 Å². The molecule has 1 atom stereocenters. The molecule has 2 N–H and O–H groups in total. The Morgan fingerprint density at radius 3 is 2.31 bits per heavy atom. The molecule has 0 aliphatic carbocycles.